The van der Waals surface area contributed by atoms with E-state index in [1.54, 1.807) is 6.07 Å². The number of aromatic nitrogens is 2. The van der Waals surface area contributed by atoms with Crippen molar-refractivity contribution in [1.29, 1.82) is 0 Å². The number of rotatable bonds is 5. The van der Waals surface area contributed by atoms with Crippen LogP contribution in [0.5, 0.6) is 0 Å². The van der Waals surface area contributed by atoms with Crippen LogP contribution in [0, 0.1) is 5.41 Å². The highest BCUT2D eigenvalue weighted by Crippen LogP contribution is 2.45. The number of nitrogens with two attached hydrogens (primary N) is 1. The van der Waals surface area contributed by atoms with Crippen LogP contribution < -0.4 is 16.4 Å². The minimum Gasteiger partial charge on any atom is -0.366 e. The predicted octanol–water partition coefficient (Wildman–Crippen LogP) is 3.14. The first-order chi connectivity index (χ1) is 14.6. The van der Waals surface area contributed by atoms with Gasteiger partial charge in [0.2, 0.25) is 0 Å². The fraction of sp³-hybridized carbons (Fsp3) is 0.417. The number of hydrogen-bond donors (Lipinski definition) is 3. The summed E-state index contributed by atoms with van der Waals surface area (Å²) in [5.41, 5.74) is 9.34. The van der Waals surface area contributed by atoms with Crippen LogP contribution in [-0.2, 0) is 6.54 Å². The van der Waals surface area contributed by atoms with Crippen LogP contribution in [0.2, 0.25) is 0 Å². The molecule has 0 bridgehead atoms. The van der Waals surface area contributed by atoms with Crippen molar-refractivity contribution in [3.8, 4) is 5.69 Å². The summed E-state index contributed by atoms with van der Waals surface area (Å²) < 4.78 is 1.81. The second-order valence-corrected chi connectivity index (χ2v) is 8.79. The number of primary amides is 1. The summed E-state index contributed by atoms with van der Waals surface area (Å²) in [5, 5.41) is 12.9. The highest BCUT2D eigenvalue weighted by Gasteiger charge is 2.42. The third kappa shape index (κ3) is 3.50. The zero-order chi connectivity index (χ0) is 20.6. The number of amides is 1. The van der Waals surface area contributed by atoms with Crippen molar-refractivity contribution in [3.63, 3.8) is 0 Å². The Morgan fingerprint density at radius 2 is 1.97 bits per heavy atom. The van der Waals surface area contributed by atoms with Crippen LogP contribution in [0.4, 0.5) is 0 Å². The number of carbonyl (C=O) groups excluding carboxylic acids is 1. The Kier molecular flexibility index (Phi) is 5.05. The van der Waals surface area contributed by atoms with Crippen molar-refractivity contribution in [2.75, 3.05) is 13.1 Å². The molecule has 1 amide bonds. The molecule has 1 saturated heterocycles. The van der Waals surface area contributed by atoms with Crippen LogP contribution in [-0.4, -0.2) is 34.8 Å². The van der Waals surface area contributed by atoms with E-state index in [4.69, 9.17) is 5.73 Å². The van der Waals surface area contributed by atoms with Gasteiger partial charge in [0.25, 0.3) is 5.91 Å². The lowest BCUT2D eigenvalue weighted by atomic mass is 9.74. The lowest BCUT2D eigenvalue weighted by molar-refractivity contribution is 0.100. The molecule has 1 aromatic heterocycles. The minimum atomic E-state index is -0.453. The fourth-order valence-corrected chi connectivity index (χ4v) is 5.36. The highest BCUT2D eigenvalue weighted by atomic mass is 16.1. The summed E-state index contributed by atoms with van der Waals surface area (Å²) in [4.78, 5) is 11.7. The van der Waals surface area contributed by atoms with Crippen LogP contribution in [0.3, 0.4) is 0 Å². The molecule has 30 heavy (non-hydrogen) atoms. The summed E-state index contributed by atoms with van der Waals surface area (Å²) in [6.45, 7) is 3.21. The molecule has 5 rings (SSSR count). The first-order valence-corrected chi connectivity index (χ1v) is 11.0. The quantitative estimate of drug-likeness (QED) is 0.611. The third-order valence-corrected chi connectivity index (χ3v) is 7.06. The van der Waals surface area contributed by atoms with Crippen molar-refractivity contribution in [2.24, 2.45) is 11.1 Å². The molecule has 3 aromatic rings. The Morgan fingerprint density at radius 1 is 1.17 bits per heavy atom. The third-order valence-electron chi connectivity index (χ3n) is 7.06. The maximum Gasteiger partial charge on any atom is 0.250 e. The number of nitrogens with zero attached hydrogens (tertiary/aromatic N) is 2. The van der Waals surface area contributed by atoms with Crippen molar-refractivity contribution in [2.45, 2.75) is 44.7 Å². The second-order valence-electron chi connectivity index (χ2n) is 8.79. The Labute approximate surface area is 176 Å². The zero-order valence-electron chi connectivity index (χ0n) is 17.2. The van der Waals surface area contributed by atoms with Gasteiger partial charge in [0.1, 0.15) is 5.52 Å². The molecule has 6 nitrogen and oxygen atoms in total. The van der Waals surface area contributed by atoms with Crippen molar-refractivity contribution in [1.82, 2.24) is 20.4 Å². The van der Waals surface area contributed by atoms with Crippen LogP contribution in [0.1, 0.15) is 48.0 Å². The summed E-state index contributed by atoms with van der Waals surface area (Å²) >= 11 is 0. The fourth-order valence-electron chi connectivity index (χ4n) is 5.36. The molecule has 1 unspecified atom stereocenters. The molecule has 2 aliphatic rings. The molecule has 1 spiro atoms. The van der Waals surface area contributed by atoms with Gasteiger partial charge in [0.05, 0.1) is 11.3 Å². The van der Waals surface area contributed by atoms with E-state index >= 15 is 0 Å². The summed E-state index contributed by atoms with van der Waals surface area (Å²) in [6, 6.07) is 14.6. The maximum atomic E-state index is 11.7. The normalized spacial score (nSPS) is 20.7. The number of nitrogens with one attached hydrogen (secondary N) is 2. The molecule has 2 fully saturated rings. The molecule has 1 saturated carbocycles. The van der Waals surface area contributed by atoms with Crippen LogP contribution in [0.25, 0.3) is 16.6 Å². The first kappa shape index (κ1) is 19.3. The zero-order valence-corrected chi connectivity index (χ0v) is 17.2. The Hall–Kier alpha value is -2.70. The molecule has 2 aromatic carbocycles. The van der Waals surface area contributed by atoms with Crippen LogP contribution >= 0.6 is 0 Å². The molecule has 6 heteroatoms. The number of piperidine rings is 1. The SMILES string of the molecule is NC(=O)c1cccc2cn(-c3ccc(CNC4CCCC45CCNCC5)cc3)nc12. The van der Waals surface area contributed by atoms with E-state index < -0.39 is 5.91 Å². The van der Waals surface area contributed by atoms with Gasteiger partial charge in [-0.15, -0.1) is 0 Å². The highest BCUT2D eigenvalue weighted by molar-refractivity contribution is 6.04. The van der Waals surface area contributed by atoms with Crippen molar-refractivity contribution in [3.05, 3.63) is 59.8 Å². The van der Waals surface area contributed by atoms with E-state index in [1.807, 2.05) is 23.0 Å². The van der Waals surface area contributed by atoms with Gasteiger partial charge in [-0.25, -0.2) is 4.68 Å². The number of fused-ring (bicyclic) bond motifs is 1. The van der Waals surface area contributed by atoms with Gasteiger partial charge in [-0.1, -0.05) is 30.7 Å². The molecule has 4 N–H and O–H groups in total. The Bertz CT molecular complexity index is 1050. The van der Waals surface area contributed by atoms with E-state index in [2.05, 4.69) is 40.0 Å². The Morgan fingerprint density at radius 3 is 2.73 bits per heavy atom. The molecule has 0 radical (unpaired) electrons. The van der Waals surface area contributed by atoms with E-state index in [0.29, 0.717) is 22.5 Å². The molecule has 1 aliphatic carbocycles. The van der Waals surface area contributed by atoms with E-state index in [-0.39, 0.29) is 0 Å². The van der Waals surface area contributed by atoms with E-state index in [0.717, 1.165) is 30.7 Å². The molecule has 1 aliphatic heterocycles. The van der Waals surface area contributed by atoms with Crippen LogP contribution in [0.15, 0.2) is 48.7 Å². The summed E-state index contributed by atoms with van der Waals surface area (Å²) in [5.74, 6) is -0.453. The smallest absolute Gasteiger partial charge is 0.250 e. The Balaban J connectivity index is 1.30. The molecular formula is C24H29N5O. The molecule has 1 atom stereocenters. The molecular weight excluding hydrogens is 374 g/mol. The average molecular weight is 404 g/mol. The standard InChI is InChI=1S/C24H29N5O/c25-23(30)20-4-1-3-18-16-29(28-22(18)20)19-8-6-17(7-9-19)15-27-21-5-2-10-24(21)11-13-26-14-12-24/h1,3-4,6-9,16,21,26-27H,2,5,10-15H2,(H2,25,30). The van der Waals surface area contributed by atoms with Gasteiger partial charge < -0.3 is 16.4 Å². The van der Waals surface area contributed by atoms with Gasteiger partial charge in [-0.2, -0.15) is 5.10 Å². The second kappa shape index (κ2) is 7.85. The van der Waals surface area contributed by atoms with Gasteiger partial charge in [0, 0.05) is 24.2 Å². The average Bonchev–Trinajstić information content (AvgIpc) is 3.37. The van der Waals surface area contributed by atoms with Crippen molar-refractivity contribution >= 4 is 16.8 Å². The summed E-state index contributed by atoms with van der Waals surface area (Å²) in [7, 11) is 0. The van der Waals surface area contributed by atoms with Crippen molar-refractivity contribution < 1.29 is 4.79 Å². The van der Waals surface area contributed by atoms with Gasteiger partial charge in [-0.3, -0.25) is 4.79 Å². The lowest BCUT2D eigenvalue weighted by Gasteiger charge is -2.40. The molecule has 2 heterocycles. The predicted molar refractivity (Wildman–Crippen MR) is 119 cm³/mol. The number of carbonyl (C=O) groups is 1. The van der Waals surface area contributed by atoms with Gasteiger partial charge >= 0.3 is 0 Å². The van der Waals surface area contributed by atoms with Gasteiger partial charge in [0.15, 0.2) is 0 Å². The largest absolute Gasteiger partial charge is 0.366 e. The lowest BCUT2D eigenvalue weighted by Crippen LogP contribution is -2.47. The number of hydrogen-bond acceptors (Lipinski definition) is 4. The molecule has 156 valence electrons. The first-order valence-electron chi connectivity index (χ1n) is 11.0. The summed E-state index contributed by atoms with van der Waals surface area (Å²) in [6.07, 6.45) is 8.53. The topological polar surface area (TPSA) is 85.0 Å². The number of benzene rings is 2. The van der Waals surface area contributed by atoms with E-state index in [9.17, 15) is 4.79 Å². The maximum absolute atomic E-state index is 11.7. The monoisotopic (exact) mass is 403 g/mol. The van der Waals surface area contributed by atoms with Gasteiger partial charge in [-0.05, 0) is 68.0 Å². The minimum absolute atomic E-state index is 0.453. The van der Waals surface area contributed by atoms with E-state index in [1.165, 1.54) is 37.7 Å².